The fraction of sp³-hybridized carbons (Fsp3) is 0.348. The van der Waals surface area contributed by atoms with Crippen LogP contribution in [-0.4, -0.2) is 6.18 Å². The predicted octanol–water partition coefficient (Wildman–Crippen LogP) is 6.66. The Hall–Kier alpha value is -3.01. The molecule has 0 unspecified atom stereocenters. The van der Waals surface area contributed by atoms with Crippen LogP contribution in [0.2, 0.25) is 0 Å². The molecule has 7 heteroatoms. The first-order valence-corrected chi connectivity index (χ1v) is 9.40. The molecular weight excluding hydrogens is 394 g/mol. The van der Waals surface area contributed by atoms with Crippen molar-refractivity contribution in [3.63, 3.8) is 0 Å². The Morgan fingerprint density at radius 2 is 1.53 bits per heavy atom. The second-order valence-electron chi connectivity index (χ2n) is 6.16. The van der Waals surface area contributed by atoms with Gasteiger partial charge < -0.3 is 11.5 Å². The molecule has 2 rings (SSSR count). The zero-order valence-electron chi connectivity index (χ0n) is 18.0. The number of nitriles is 1. The van der Waals surface area contributed by atoms with Crippen molar-refractivity contribution in [3.8, 4) is 6.07 Å². The van der Waals surface area contributed by atoms with E-state index in [4.69, 9.17) is 16.7 Å². The molecule has 0 heterocycles. The molecule has 0 amide bonds. The lowest BCUT2D eigenvalue weighted by molar-refractivity contribution is -0.130. The molecule has 3 nitrogen and oxygen atoms in total. The number of nitrogens with zero attached hydrogens (tertiary/aromatic N) is 1. The summed E-state index contributed by atoms with van der Waals surface area (Å²) in [4.78, 5) is 0. The highest BCUT2D eigenvalue weighted by Gasteiger charge is 2.22. The van der Waals surface area contributed by atoms with Gasteiger partial charge in [0, 0.05) is 17.8 Å². The van der Waals surface area contributed by atoms with Crippen LogP contribution in [-0.2, 0) is 6.42 Å². The van der Waals surface area contributed by atoms with Crippen molar-refractivity contribution in [1.82, 2.24) is 0 Å². The number of hydrogen-bond acceptors (Lipinski definition) is 3. The van der Waals surface area contributed by atoms with Gasteiger partial charge in [-0.15, -0.1) is 0 Å². The van der Waals surface area contributed by atoms with Gasteiger partial charge in [-0.1, -0.05) is 51.1 Å². The van der Waals surface area contributed by atoms with Gasteiger partial charge in [0.05, 0.1) is 11.6 Å². The standard InChI is InChI=1S/C9H8FN.C7H9N.C4H9N.C3H5F3/c1-2-8-4-3-7(6-11)5-9(8)10;1-6-2-4-7(8)5-3-6;1-3-4(2)5;1-2-3(4,5)6/h3-5H,2H2,1H3;2-5H,8H2,1H3;2-3,5H2,1H3;2H2,1H3. The molecule has 0 fully saturated rings. The number of benzene rings is 2. The average molecular weight is 426 g/mol. The van der Waals surface area contributed by atoms with Gasteiger partial charge in [-0.2, -0.15) is 18.4 Å². The summed E-state index contributed by atoms with van der Waals surface area (Å²) in [6.45, 7) is 10.4. The normalized spacial score (nSPS) is 9.43. The third-order valence-corrected chi connectivity index (χ3v) is 3.50. The van der Waals surface area contributed by atoms with Gasteiger partial charge in [-0.25, -0.2) is 4.39 Å². The van der Waals surface area contributed by atoms with Crippen molar-refractivity contribution in [2.45, 2.75) is 53.1 Å². The van der Waals surface area contributed by atoms with Crippen LogP contribution >= 0.6 is 0 Å². The third kappa shape index (κ3) is 17.1. The van der Waals surface area contributed by atoms with Crippen LogP contribution in [0.3, 0.4) is 0 Å². The second-order valence-corrected chi connectivity index (χ2v) is 6.16. The van der Waals surface area contributed by atoms with Crippen LogP contribution in [0, 0.1) is 24.1 Å². The van der Waals surface area contributed by atoms with Crippen molar-refractivity contribution < 1.29 is 17.6 Å². The molecule has 0 saturated carbocycles. The van der Waals surface area contributed by atoms with Crippen LogP contribution in [0.25, 0.3) is 0 Å². The summed E-state index contributed by atoms with van der Waals surface area (Å²) in [5, 5.41) is 8.41. The highest BCUT2D eigenvalue weighted by atomic mass is 19.4. The quantitative estimate of drug-likeness (QED) is 0.417. The molecule has 166 valence electrons. The molecule has 0 radical (unpaired) electrons. The van der Waals surface area contributed by atoms with Gasteiger partial charge in [0.25, 0.3) is 0 Å². The zero-order valence-corrected chi connectivity index (χ0v) is 18.0. The number of nitrogen functional groups attached to an aromatic ring is 1. The molecule has 2 aromatic carbocycles. The smallest absolute Gasteiger partial charge is 0.388 e. The molecule has 4 N–H and O–H groups in total. The van der Waals surface area contributed by atoms with E-state index in [0.29, 0.717) is 17.5 Å². The van der Waals surface area contributed by atoms with Crippen LogP contribution in [0.5, 0.6) is 0 Å². The molecule has 0 aliphatic carbocycles. The van der Waals surface area contributed by atoms with E-state index in [1.54, 1.807) is 12.1 Å². The lowest BCUT2D eigenvalue weighted by atomic mass is 10.1. The minimum Gasteiger partial charge on any atom is -0.403 e. The summed E-state index contributed by atoms with van der Waals surface area (Å²) < 4.78 is 45.2. The Bertz CT molecular complexity index is 756. The van der Waals surface area contributed by atoms with Gasteiger partial charge in [-0.3, -0.25) is 0 Å². The van der Waals surface area contributed by atoms with E-state index in [0.717, 1.165) is 24.7 Å². The summed E-state index contributed by atoms with van der Waals surface area (Å²) in [7, 11) is 0. The van der Waals surface area contributed by atoms with E-state index < -0.39 is 12.6 Å². The summed E-state index contributed by atoms with van der Waals surface area (Å²) in [5.41, 5.74) is 14.4. The minimum absolute atomic E-state index is 0.286. The summed E-state index contributed by atoms with van der Waals surface area (Å²) in [5.74, 6) is -0.286. The molecule has 0 bridgehead atoms. The number of aryl methyl sites for hydroxylation is 2. The maximum absolute atomic E-state index is 12.9. The first-order chi connectivity index (χ1) is 13.9. The Kier molecular flexibility index (Phi) is 15.4. The largest absolute Gasteiger partial charge is 0.403 e. The van der Waals surface area contributed by atoms with Crippen molar-refractivity contribution in [2.75, 3.05) is 5.73 Å². The van der Waals surface area contributed by atoms with Crippen molar-refractivity contribution >= 4 is 5.69 Å². The number of halogens is 4. The fourth-order valence-electron chi connectivity index (χ4n) is 1.47. The summed E-state index contributed by atoms with van der Waals surface area (Å²) >= 11 is 0. The SMILES string of the molecule is C=C(N)CC.CCC(F)(F)F.CCc1ccc(C#N)cc1F.Cc1ccc(N)cc1. The third-order valence-electron chi connectivity index (χ3n) is 3.50. The Morgan fingerprint density at radius 1 is 1.07 bits per heavy atom. The lowest BCUT2D eigenvalue weighted by Crippen LogP contribution is -2.02. The van der Waals surface area contributed by atoms with Crippen LogP contribution < -0.4 is 11.5 Å². The topological polar surface area (TPSA) is 75.8 Å². The minimum atomic E-state index is -3.96. The number of alkyl halides is 3. The monoisotopic (exact) mass is 425 g/mol. The fourth-order valence-corrected chi connectivity index (χ4v) is 1.47. The predicted molar refractivity (Wildman–Crippen MR) is 116 cm³/mol. The molecule has 0 atom stereocenters. The molecule has 2 aromatic rings. The average Bonchev–Trinajstić information content (AvgIpc) is 2.71. The molecule has 0 saturated heterocycles. The van der Waals surface area contributed by atoms with E-state index in [2.05, 4.69) is 6.58 Å². The van der Waals surface area contributed by atoms with Crippen LogP contribution in [0.15, 0.2) is 54.7 Å². The Labute approximate surface area is 177 Å². The maximum atomic E-state index is 12.9. The maximum Gasteiger partial charge on any atom is 0.388 e. The highest BCUT2D eigenvalue weighted by molar-refractivity contribution is 5.38. The van der Waals surface area contributed by atoms with E-state index >= 15 is 0 Å². The van der Waals surface area contributed by atoms with Gasteiger partial charge in [0.2, 0.25) is 0 Å². The molecule has 0 aromatic heterocycles. The number of allylic oxidation sites excluding steroid dienone is 1. The summed E-state index contributed by atoms with van der Waals surface area (Å²) in [6, 6.07) is 14.2. The van der Waals surface area contributed by atoms with Crippen molar-refractivity contribution in [2.24, 2.45) is 5.73 Å². The highest BCUT2D eigenvalue weighted by Crippen LogP contribution is 2.17. The Morgan fingerprint density at radius 3 is 1.80 bits per heavy atom. The molecule has 30 heavy (non-hydrogen) atoms. The number of nitrogens with two attached hydrogens (primary N) is 2. The number of hydrogen-bond donors (Lipinski definition) is 2. The van der Waals surface area contributed by atoms with E-state index in [1.165, 1.54) is 11.6 Å². The lowest BCUT2D eigenvalue weighted by Gasteiger charge is -1.97. The van der Waals surface area contributed by atoms with Gasteiger partial charge in [-0.05, 0) is 49.6 Å². The van der Waals surface area contributed by atoms with E-state index in [1.807, 2.05) is 51.1 Å². The number of rotatable bonds is 2. The first-order valence-electron chi connectivity index (χ1n) is 9.40. The first kappa shape index (κ1) is 29.2. The van der Waals surface area contributed by atoms with Crippen LogP contribution in [0.1, 0.15) is 50.3 Å². The second kappa shape index (κ2) is 15.9. The molecule has 0 spiro atoms. The van der Waals surface area contributed by atoms with Gasteiger partial charge in [0.1, 0.15) is 5.82 Å². The Balaban J connectivity index is 0. The number of anilines is 1. The van der Waals surface area contributed by atoms with E-state index in [-0.39, 0.29) is 5.82 Å². The van der Waals surface area contributed by atoms with Crippen molar-refractivity contribution in [3.05, 3.63) is 77.2 Å². The van der Waals surface area contributed by atoms with Gasteiger partial charge in [0.15, 0.2) is 0 Å². The molecular formula is C23H31F4N3. The van der Waals surface area contributed by atoms with E-state index in [9.17, 15) is 17.6 Å². The van der Waals surface area contributed by atoms with Crippen LogP contribution in [0.4, 0.5) is 23.2 Å². The van der Waals surface area contributed by atoms with Crippen molar-refractivity contribution in [1.29, 1.82) is 5.26 Å². The summed E-state index contributed by atoms with van der Waals surface area (Å²) in [6.07, 6.45) is -3.13. The molecule has 0 aliphatic rings. The van der Waals surface area contributed by atoms with Gasteiger partial charge >= 0.3 is 6.18 Å². The molecule has 0 aliphatic heterocycles. The zero-order chi connectivity index (χ0) is 23.7.